The van der Waals surface area contributed by atoms with E-state index in [1.807, 2.05) is 19.1 Å². The van der Waals surface area contributed by atoms with Gasteiger partial charge in [-0.2, -0.15) is 0 Å². The van der Waals surface area contributed by atoms with E-state index in [1.54, 1.807) is 6.08 Å². The lowest BCUT2D eigenvalue weighted by atomic mass is 9.78. The van der Waals surface area contributed by atoms with Gasteiger partial charge in [0.15, 0.2) is 0 Å². The van der Waals surface area contributed by atoms with E-state index < -0.39 is 12.3 Å². The van der Waals surface area contributed by atoms with Crippen molar-refractivity contribution in [3.05, 3.63) is 71.0 Å². The number of aliphatic carboxylic acids is 1. The molecule has 2 aliphatic rings. The summed E-state index contributed by atoms with van der Waals surface area (Å²) in [5, 5.41) is 18.5. The molecule has 2 aromatic carbocycles. The molecular formula is C27H32O7. The molecule has 0 bridgehead atoms. The van der Waals surface area contributed by atoms with Crippen LogP contribution in [0.4, 0.5) is 0 Å². The first kappa shape index (κ1) is 24.4. The molecule has 0 unspecified atom stereocenters. The Kier molecular flexibility index (Phi) is 8.34. The van der Waals surface area contributed by atoms with E-state index in [-0.39, 0.29) is 24.2 Å². The molecule has 0 fully saturated rings. The summed E-state index contributed by atoms with van der Waals surface area (Å²) in [5.41, 5.74) is 6.06. The third-order valence-electron chi connectivity index (χ3n) is 6.38. The summed E-state index contributed by atoms with van der Waals surface area (Å²) >= 11 is 0. The predicted octanol–water partition coefficient (Wildman–Crippen LogP) is 3.73. The smallest absolute Gasteiger partial charge is 0.370 e. The molecule has 1 heterocycles. The van der Waals surface area contributed by atoms with E-state index in [0.29, 0.717) is 39.5 Å². The molecule has 0 amide bonds. The molecule has 3 atom stereocenters. The van der Waals surface area contributed by atoms with Gasteiger partial charge in [-0.15, -0.1) is 0 Å². The standard InChI is InChI=1S/C27H32O7/c1-2-33-27-22(10-12-31-14-15-32-13-11-28)24(17-25(34-27)26(29)30)21-9-5-8-20-19-7-4-3-6-18(19)16-23(20)21/h3-9,17,22,24,27-28H,2,10-16H2,1H3,(H,29,30)/t22-,24-,27-/m0/s1. The Balaban J connectivity index is 1.61. The monoisotopic (exact) mass is 468 g/mol. The van der Waals surface area contributed by atoms with Gasteiger partial charge in [0.05, 0.1) is 26.4 Å². The zero-order chi connectivity index (χ0) is 23.9. The number of aliphatic hydroxyl groups excluding tert-OH is 1. The van der Waals surface area contributed by atoms with E-state index in [2.05, 4.69) is 30.3 Å². The van der Waals surface area contributed by atoms with Crippen molar-refractivity contribution in [1.29, 1.82) is 0 Å². The SMILES string of the molecule is CCO[C@H]1OC(C(=O)O)=C[C@@H](c2cccc3c2Cc2ccccc2-3)[C@@H]1CCOCCOCCO. The Morgan fingerprint density at radius 3 is 2.56 bits per heavy atom. The maximum atomic E-state index is 11.9. The Labute approximate surface area is 199 Å². The highest BCUT2D eigenvalue weighted by molar-refractivity contribution is 5.85. The molecule has 1 aliphatic heterocycles. The predicted molar refractivity (Wildman–Crippen MR) is 126 cm³/mol. The minimum atomic E-state index is -1.10. The van der Waals surface area contributed by atoms with Crippen molar-refractivity contribution in [3.8, 4) is 11.1 Å². The highest BCUT2D eigenvalue weighted by Crippen LogP contribution is 2.45. The Hall–Kier alpha value is -2.71. The number of fused-ring (bicyclic) bond motifs is 3. The molecule has 0 saturated carbocycles. The van der Waals surface area contributed by atoms with Crippen LogP contribution in [0.1, 0.15) is 36.0 Å². The van der Waals surface area contributed by atoms with Crippen molar-refractivity contribution in [3.63, 3.8) is 0 Å². The second-order valence-electron chi connectivity index (χ2n) is 8.41. The molecule has 34 heavy (non-hydrogen) atoms. The number of carboxylic acids is 1. The molecule has 2 aromatic rings. The summed E-state index contributed by atoms with van der Waals surface area (Å²) in [6, 6.07) is 14.7. The fourth-order valence-electron chi connectivity index (χ4n) is 4.89. The van der Waals surface area contributed by atoms with Crippen molar-refractivity contribution in [1.82, 2.24) is 0 Å². The van der Waals surface area contributed by atoms with Gasteiger partial charge in [-0.05, 0) is 53.7 Å². The molecule has 1 aliphatic carbocycles. The van der Waals surface area contributed by atoms with Gasteiger partial charge in [0, 0.05) is 25.0 Å². The van der Waals surface area contributed by atoms with E-state index >= 15 is 0 Å². The van der Waals surface area contributed by atoms with Gasteiger partial charge in [0.1, 0.15) is 0 Å². The van der Waals surface area contributed by atoms with Gasteiger partial charge in [0.2, 0.25) is 12.0 Å². The average Bonchev–Trinajstić information content (AvgIpc) is 3.23. The minimum Gasteiger partial charge on any atom is -0.475 e. The van der Waals surface area contributed by atoms with E-state index in [9.17, 15) is 9.90 Å². The fourth-order valence-corrected chi connectivity index (χ4v) is 4.89. The Bertz CT molecular complexity index is 1020. The number of carboxylic acid groups (broad SMARTS) is 1. The van der Waals surface area contributed by atoms with E-state index in [1.165, 1.54) is 22.3 Å². The van der Waals surface area contributed by atoms with Crippen molar-refractivity contribution < 1.29 is 34.0 Å². The summed E-state index contributed by atoms with van der Waals surface area (Å²) < 4.78 is 22.7. The summed E-state index contributed by atoms with van der Waals surface area (Å²) in [6.07, 6.45) is 2.50. The van der Waals surface area contributed by atoms with Crippen LogP contribution in [-0.2, 0) is 30.2 Å². The zero-order valence-corrected chi connectivity index (χ0v) is 19.4. The summed E-state index contributed by atoms with van der Waals surface area (Å²) in [4.78, 5) is 11.9. The summed E-state index contributed by atoms with van der Waals surface area (Å²) in [5.74, 6) is -1.47. The zero-order valence-electron chi connectivity index (χ0n) is 19.4. The van der Waals surface area contributed by atoms with Crippen LogP contribution in [-0.4, -0.2) is 62.1 Å². The molecule has 182 valence electrons. The van der Waals surface area contributed by atoms with Crippen LogP contribution in [0.2, 0.25) is 0 Å². The van der Waals surface area contributed by atoms with Crippen LogP contribution in [0, 0.1) is 5.92 Å². The first-order valence-corrected chi connectivity index (χ1v) is 11.8. The highest BCUT2D eigenvalue weighted by atomic mass is 16.7. The number of hydrogen-bond acceptors (Lipinski definition) is 6. The van der Waals surface area contributed by atoms with Crippen LogP contribution >= 0.6 is 0 Å². The molecule has 0 aromatic heterocycles. The van der Waals surface area contributed by atoms with Crippen molar-refractivity contribution >= 4 is 5.97 Å². The van der Waals surface area contributed by atoms with Crippen LogP contribution in [0.3, 0.4) is 0 Å². The van der Waals surface area contributed by atoms with Crippen LogP contribution in [0.5, 0.6) is 0 Å². The number of benzene rings is 2. The minimum absolute atomic E-state index is 0.0133. The molecule has 0 radical (unpaired) electrons. The van der Waals surface area contributed by atoms with Crippen LogP contribution in [0.25, 0.3) is 11.1 Å². The third kappa shape index (κ3) is 5.33. The lowest BCUT2D eigenvalue weighted by molar-refractivity contribution is -0.174. The van der Waals surface area contributed by atoms with Crippen LogP contribution < -0.4 is 0 Å². The second-order valence-corrected chi connectivity index (χ2v) is 8.41. The molecule has 0 spiro atoms. The lowest BCUT2D eigenvalue weighted by Crippen LogP contribution is -2.37. The van der Waals surface area contributed by atoms with Gasteiger partial charge in [-0.3, -0.25) is 0 Å². The normalized spacial score (nSPS) is 20.9. The molecule has 2 N–H and O–H groups in total. The topological polar surface area (TPSA) is 94.5 Å². The van der Waals surface area contributed by atoms with Crippen molar-refractivity contribution in [2.45, 2.75) is 32.0 Å². The van der Waals surface area contributed by atoms with E-state index in [0.717, 1.165) is 12.0 Å². The Morgan fingerprint density at radius 2 is 1.79 bits per heavy atom. The first-order chi connectivity index (χ1) is 16.6. The number of aliphatic hydroxyl groups is 1. The lowest BCUT2D eigenvalue weighted by Gasteiger charge is -2.37. The van der Waals surface area contributed by atoms with Gasteiger partial charge < -0.3 is 29.2 Å². The summed E-state index contributed by atoms with van der Waals surface area (Å²) in [6.45, 7) is 3.85. The fraction of sp³-hybridized carbons (Fsp3) is 0.444. The second kappa shape index (κ2) is 11.6. The average molecular weight is 469 g/mol. The number of rotatable bonds is 12. The maximum absolute atomic E-state index is 11.9. The molecular weight excluding hydrogens is 436 g/mol. The highest BCUT2D eigenvalue weighted by Gasteiger charge is 2.39. The third-order valence-corrected chi connectivity index (χ3v) is 6.38. The summed E-state index contributed by atoms with van der Waals surface area (Å²) in [7, 11) is 0. The quantitative estimate of drug-likeness (QED) is 0.391. The van der Waals surface area contributed by atoms with Crippen LogP contribution in [0.15, 0.2) is 54.3 Å². The number of carbonyl (C=O) groups is 1. The van der Waals surface area contributed by atoms with Crippen molar-refractivity contribution in [2.24, 2.45) is 5.92 Å². The first-order valence-electron chi connectivity index (χ1n) is 11.8. The van der Waals surface area contributed by atoms with Gasteiger partial charge >= 0.3 is 5.97 Å². The number of hydrogen-bond donors (Lipinski definition) is 2. The molecule has 7 heteroatoms. The van der Waals surface area contributed by atoms with Gasteiger partial charge in [0.25, 0.3) is 0 Å². The van der Waals surface area contributed by atoms with E-state index in [4.69, 9.17) is 24.1 Å². The molecule has 7 nitrogen and oxygen atoms in total. The van der Waals surface area contributed by atoms with Gasteiger partial charge in [-0.1, -0.05) is 42.5 Å². The number of ether oxygens (including phenoxy) is 4. The molecule has 4 rings (SSSR count). The molecule has 0 saturated heterocycles. The Morgan fingerprint density at radius 1 is 1.03 bits per heavy atom. The van der Waals surface area contributed by atoms with Crippen molar-refractivity contribution in [2.75, 3.05) is 39.6 Å². The largest absolute Gasteiger partial charge is 0.475 e. The number of allylic oxidation sites excluding steroid dienone is 1. The maximum Gasteiger partial charge on any atom is 0.370 e. The van der Waals surface area contributed by atoms with Gasteiger partial charge in [-0.25, -0.2) is 4.79 Å².